The first kappa shape index (κ1) is 43.6. The number of carbonyl (C=O) groups excluding carboxylic acids is 6. The van der Waals surface area contributed by atoms with Gasteiger partial charge in [0.05, 0.1) is 33.1 Å². The van der Waals surface area contributed by atoms with Crippen LogP contribution >= 0.6 is 0 Å². The van der Waals surface area contributed by atoms with Crippen molar-refractivity contribution < 1.29 is 66.8 Å². The molecule has 0 saturated carbocycles. The number of aromatic nitrogens is 3. The Hall–Kier alpha value is -5.14. The third-order valence-electron chi connectivity index (χ3n) is 9.26. The van der Waals surface area contributed by atoms with Crippen molar-refractivity contribution in [3.8, 4) is 17.0 Å². The average Bonchev–Trinajstić information content (AvgIpc) is 3.76. The van der Waals surface area contributed by atoms with E-state index in [1.165, 1.54) is 28.1 Å². The van der Waals surface area contributed by atoms with E-state index < -0.39 is 60.4 Å². The minimum atomic E-state index is -0.701. The normalized spacial score (nSPS) is 21.3. The number of ether oxygens (including phenoxy) is 7. The van der Waals surface area contributed by atoms with Crippen LogP contribution in [0.1, 0.15) is 71.8 Å². The van der Waals surface area contributed by atoms with Crippen molar-refractivity contribution in [1.29, 1.82) is 0 Å². The van der Waals surface area contributed by atoms with E-state index in [0.717, 1.165) is 0 Å². The Morgan fingerprint density at radius 3 is 2.41 bits per heavy atom. The van der Waals surface area contributed by atoms with E-state index in [4.69, 9.17) is 38.0 Å². The fourth-order valence-electron chi connectivity index (χ4n) is 6.20. The molecule has 3 heterocycles. The molecule has 56 heavy (non-hydrogen) atoms. The number of esters is 2. The van der Waals surface area contributed by atoms with Crippen molar-refractivity contribution in [2.75, 3.05) is 34.0 Å². The zero-order valence-corrected chi connectivity index (χ0v) is 32.6. The van der Waals surface area contributed by atoms with Gasteiger partial charge in [-0.3, -0.25) is 19.2 Å². The predicted octanol–water partition coefficient (Wildman–Crippen LogP) is 2.87. The van der Waals surface area contributed by atoms with Gasteiger partial charge in [-0.05, 0) is 18.9 Å². The van der Waals surface area contributed by atoms with Crippen LogP contribution in [0.5, 0.6) is 5.75 Å². The van der Waals surface area contributed by atoms with Crippen LogP contribution in [0.2, 0.25) is 0 Å². The van der Waals surface area contributed by atoms with E-state index in [1.54, 1.807) is 29.1 Å². The lowest BCUT2D eigenvalue weighted by Crippen LogP contribution is -2.53. The third-order valence-corrected chi connectivity index (χ3v) is 9.26. The van der Waals surface area contributed by atoms with E-state index in [-0.39, 0.29) is 57.5 Å². The number of rotatable bonds is 20. The number of nitrogens with one attached hydrogen (secondary N) is 1. The van der Waals surface area contributed by atoms with E-state index >= 15 is 0 Å². The Balaban J connectivity index is 1.27. The Morgan fingerprint density at radius 2 is 1.73 bits per heavy atom. The molecule has 19 nitrogen and oxygen atoms in total. The summed E-state index contributed by atoms with van der Waals surface area (Å²) >= 11 is 0. The number of hydrogen-bond acceptors (Lipinski definition) is 16. The van der Waals surface area contributed by atoms with E-state index in [1.807, 2.05) is 13.8 Å². The number of unbranched alkanes of at least 4 members (excludes halogenated alkanes) is 2. The second-order valence-electron chi connectivity index (χ2n) is 13.6. The molecule has 6 atom stereocenters. The number of hydroxylamine groups is 2. The maximum absolute atomic E-state index is 12.3. The van der Waals surface area contributed by atoms with Gasteiger partial charge in [0.15, 0.2) is 6.29 Å². The maximum atomic E-state index is 12.3. The third kappa shape index (κ3) is 12.7. The van der Waals surface area contributed by atoms with Crippen molar-refractivity contribution in [1.82, 2.24) is 25.4 Å². The zero-order valence-electron chi connectivity index (χ0n) is 32.6. The summed E-state index contributed by atoms with van der Waals surface area (Å²) in [4.78, 5) is 75.8. The van der Waals surface area contributed by atoms with Crippen molar-refractivity contribution >= 4 is 35.8 Å². The number of imide groups is 1. The van der Waals surface area contributed by atoms with Crippen LogP contribution in [0.3, 0.4) is 0 Å². The first-order valence-corrected chi connectivity index (χ1v) is 18.4. The van der Waals surface area contributed by atoms with E-state index in [2.05, 4.69) is 15.6 Å². The van der Waals surface area contributed by atoms with Gasteiger partial charge in [0.25, 0.3) is 11.8 Å². The molecule has 2 aliphatic heterocycles. The molecule has 4 rings (SSSR count). The molecular weight excluding hydrogens is 738 g/mol. The molecule has 3 amide bonds. The molecule has 308 valence electrons. The number of hydrogen-bond donors (Lipinski definition) is 1. The zero-order chi connectivity index (χ0) is 40.8. The highest BCUT2D eigenvalue weighted by Gasteiger charge is 2.44. The molecule has 19 heteroatoms. The molecule has 2 saturated heterocycles. The van der Waals surface area contributed by atoms with Crippen molar-refractivity contribution in [3.05, 3.63) is 30.0 Å². The van der Waals surface area contributed by atoms with Gasteiger partial charge in [-0.25, -0.2) is 14.3 Å². The fraction of sp³-hybridized carbons (Fsp3) is 0.622. The topological polar surface area (TPSA) is 222 Å². The number of amides is 3. The van der Waals surface area contributed by atoms with Gasteiger partial charge in [0.2, 0.25) is 0 Å². The van der Waals surface area contributed by atoms with Gasteiger partial charge in [-0.1, -0.05) is 37.6 Å². The second-order valence-corrected chi connectivity index (χ2v) is 13.6. The number of alkyl carbamates (subject to hydrolysis) is 1. The molecule has 1 aromatic carbocycles. The maximum Gasteiger partial charge on any atom is 0.407 e. The monoisotopic (exact) mass is 789 g/mol. The molecule has 2 fully saturated rings. The molecular formula is C37H51N5O14. The average molecular weight is 790 g/mol. The fourth-order valence-corrected chi connectivity index (χ4v) is 6.20. The van der Waals surface area contributed by atoms with E-state index in [9.17, 15) is 28.8 Å². The summed E-state index contributed by atoms with van der Waals surface area (Å²) < 4.78 is 41.1. The Bertz CT molecular complexity index is 1670. The van der Waals surface area contributed by atoms with Crippen LogP contribution in [0, 0.1) is 11.8 Å². The minimum Gasteiger partial charge on any atom is -0.496 e. The van der Waals surface area contributed by atoms with Crippen molar-refractivity contribution in [2.24, 2.45) is 11.8 Å². The van der Waals surface area contributed by atoms with Gasteiger partial charge >= 0.3 is 24.0 Å². The van der Waals surface area contributed by atoms with Gasteiger partial charge in [-0.2, -0.15) is 0 Å². The minimum absolute atomic E-state index is 0.0329. The van der Waals surface area contributed by atoms with Crippen molar-refractivity contribution in [2.45, 2.75) is 104 Å². The Labute approximate surface area is 324 Å². The van der Waals surface area contributed by atoms with Gasteiger partial charge in [-0.15, -0.1) is 10.2 Å². The molecule has 2 aromatic rings. The summed E-state index contributed by atoms with van der Waals surface area (Å²) in [5, 5.41) is 11.8. The number of benzene rings is 1. The molecule has 0 aliphatic carbocycles. The van der Waals surface area contributed by atoms with Crippen LogP contribution in [0.4, 0.5) is 4.79 Å². The number of carbonyl (C=O) groups is 6. The van der Waals surface area contributed by atoms with Crippen LogP contribution in [0.15, 0.2) is 24.4 Å². The second kappa shape index (κ2) is 21.2. The number of nitrogens with zero attached hydrogens (tertiary/aromatic N) is 4. The Morgan fingerprint density at radius 1 is 0.982 bits per heavy atom. The molecule has 0 spiro atoms. The van der Waals surface area contributed by atoms with E-state index in [0.29, 0.717) is 53.4 Å². The summed E-state index contributed by atoms with van der Waals surface area (Å²) in [7, 11) is 2.99. The standard InChI is InChI=1S/C37H51N5O14/c1-22-23(2)36(51-21-28(20-49-5)53-24(3)43)55-31(35(22)54-25(4)44)18-41-17-29(39-40-41)26-11-12-27(30(16-26)50-6)19-52-37(48)38-15-9-7-8-10-34(47)56-42-32(45)13-14-33(42)46/h11-12,16-17,22-23,28,31,35-36H,7-10,13-15,18-21H2,1-6H3,(H,38,48)/t22-,23?,28?,31?,35-,36+/m1/s1. The lowest BCUT2D eigenvalue weighted by molar-refractivity contribution is -0.275. The summed E-state index contributed by atoms with van der Waals surface area (Å²) in [5.41, 5.74) is 1.82. The highest BCUT2D eigenvalue weighted by Crippen LogP contribution is 2.35. The van der Waals surface area contributed by atoms with Gasteiger partial charge in [0, 0.05) is 69.7 Å². The van der Waals surface area contributed by atoms with Gasteiger partial charge in [0.1, 0.15) is 36.4 Å². The van der Waals surface area contributed by atoms with Crippen LogP contribution in [0.25, 0.3) is 11.3 Å². The first-order chi connectivity index (χ1) is 26.8. The summed E-state index contributed by atoms with van der Waals surface area (Å²) in [5.74, 6) is -2.49. The SMILES string of the molecule is COCC(CO[C@H]1OC(Cn2cc(-c3ccc(COC(=O)NCCCCCC(=O)ON4C(=O)CCC4=O)c(OC)c3)nn2)[C@H](OC(C)=O)[C@H](C)C1C)OC(C)=O. The quantitative estimate of drug-likeness (QED) is 0.0882. The highest BCUT2D eigenvalue weighted by atomic mass is 16.7. The van der Waals surface area contributed by atoms with Crippen LogP contribution in [-0.2, 0) is 70.4 Å². The summed E-state index contributed by atoms with van der Waals surface area (Å²) in [6.45, 7) is 7.15. The molecule has 1 N–H and O–H groups in total. The summed E-state index contributed by atoms with van der Waals surface area (Å²) in [6.07, 6.45) is 0.237. The first-order valence-electron chi connectivity index (χ1n) is 18.4. The lowest BCUT2D eigenvalue weighted by Gasteiger charge is -2.43. The lowest BCUT2D eigenvalue weighted by atomic mass is 9.84. The largest absolute Gasteiger partial charge is 0.496 e. The number of methoxy groups -OCH3 is 2. The van der Waals surface area contributed by atoms with Crippen LogP contribution < -0.4 is 10.1 Å². The highest BCUT2D eigenvalue weighted by molar-refractivity contribution is 6.01. The van der Waals surface area contributed by atoms with Crippen LogP contribution in [-0.4, -0.2) is 114 Å². The van der Waals surface area contributed by atoms with Gasteiger partial charge < -0.3 is 43.3 Å². The molecule has 3 unspecified atom stereocenters. The predicted molar refractivity (Wildman–Crippen MR) is 192 cm³/mol. The smallest absolute Gasteiger partial charge is 0.407 e. The molecule has 0 radical (unpaired) electrons. The van der Waals surface area contributed by atoms with Crippen molar-refractivity contribution in [3.63, 3.8) is 0 Å². The molecule has 2 aliphatic rings. The summed E-state index contributed by atoms with van der Waals surface area (Å²) in [6, 6.07) is 5.29. The Kier molecular flexibility index (Phi) is 16.5. The molecule has 0 bridgehead atoms. The molecule has 1 aromatic heterocycles.